The molecule has 1 N–H and O–H groups in total. The molecule has 0 saturated carbocycles. The van der Waals surface area contributed by atoms with Gasteiger partial charge in [-0.3, -0.25) is 4.79 Å². The van der Waals surface area contributed by atoms with Crippen molar-refractivity contribution < 1.29 is 23.8 Å². The number of rotatable bonds is 7. The fourth-order valence-electron chi connectivity index (χ4n) is 2.88. The largest absolute Gasteiger partial charge is 0.493 e. The molecule has 0 saturated heterocycles. The first-order chi connectivity index (χ1) is 15.4. The molecule has 0 bridgehead atoms. The molecule has 1 amide bonds. The van der Waals surface area contributed by atoms with Crippen LogP contribution in [0.25, 0.3) is 0 Å². The molecule has 8 heteroatoms. The second-order valence-corrected chi connectivity index (χ2v) is 7.57. The van der Waals surface area contributed by atoms with Crippen molar-refractivity contribution in [3.05, 3.63) is 87.4 Å². The van der Waals surface area contributed by atoms with Gasteiger partial charge in [0.05, 0.1) is 26.0 Å². The molecule has 0 atom stereocenters. The number of hydrogen-bond donors (Lipinski definition) is 1. The molecule has 3 aromatic carbocycles. The van der Waals surface area contributed by atoms with Crippen molar-refractivity contribution >= 4 is 34.0 Å². The second-order valence-electron chi connectivity index (χ2n) is 6.66. The number of nitrogens with one attached hydrogen (secondary N) is 1. The van der Waals surface area contributed by atoms with Crippen LogP contribution in [0.3, 0.4) is 0 Å². The van der Waals surface area contributed by atoms with Crippen molar-refractivity contribution in [2.75, 3.05) is 14.2 Å². The normalized spacial score (nSPS) is 10.6. The van der Waals surface area contributed by atoms with Gasteiger partial charge in [0.2, 0.25) is 0 Å². The highest BCUT2D eigenvalue weighted by Gasteiger charge is 2.15. The summed E-state index contributed by atoms with van der Waals surface area (Å²) in [6.45, 7) is 1.85. The van der Waals surface area contributed by atoms with Gasteiger partial charge < -0.3 is 14.2 Å². The number of hydrogen-bond acceptors (Lipinski definition) is 6. The summed E-state index contributed by atoms with van der Waals surface area (Å²) in [5, 5.41) is 4.02. The first-order valence-corrected chi connectivity index (χ1v) is 10.3. The molecule has 0 unspecified atom stereocenters. The Kier molecular flexibility index (Phi) is 7.62. The van der Waals surface area contributed by atoms with Crippen LogP contribution < -0.4 is 19.6 Å². The molecule has 3 aromatic rings. The minimum Gasteiger partial charge on any atom is -0.493 e. The summed E-state index contributed by atoms with van der Waals surface area (Å²) in [6.07, 6.45) is 1.41. The monoisotopic (exact) mass is 496 g/mol. The topological polar surface area (TPSA) is 86.2 Å². The summed E-state index contributed by atoms with van der Waals surface area (Å²) >= 11 is 3.39. The minimum absolute atomic E-state index is 0.280. The highest BCUT2D eigenvalue weighted by molar-refractivity contribution is 9.10. The molecule has 0 aromatic heterocycles. The van der Waals surface area contributed by atoms with Crippen LogP contribution in [0.5, 0.6) is 17.2 Å². The highest BCUT2D eigenvalue weighted by atomic mass is 79.9. The number of aryl methyl sites for hydroxylation is 1. The van der Waals surface area contributed by atoms with Crippen LogP contribution in [0, 0.1) is 6.92 Å². The molecule has 0 aliphatic carbocycles. The van der Waals surface area contributed by atoms with Gasteiger partial charge in [-0.1, -0.05) is 34.1 Å². The van der Waals surface area contributed by atoms with Crippen molar-refractivity contribution in [1.29, 1.82) is 0 Å². The number of benzene rings is 3. The van der Waals surface area contributed by atoms with E-state index in [1.54, 1.807) is 42.5 Å². The van der Waals surface area contributed by atoms with E-state index in [-0.39, 0.29) is 11.7 Å². The van der Waals surface area contributed by atoms with Crippen LogP contribution in [0.15, 0.2) is 70.2 Å². The van der Waals surface area contributed by atoms with Crippen LogP contribution in [0.2, 0.25) is 0 Å². The first kappa shape index (κ1) is 23.0. The smallest absolute Gasteiger partial charge is 0.343 e. The Hall–Kier alpha value is -3.65. The molecule has 0 aliphatic heterocycles. The maximum absolute atomic E-state index is 12.7. The zero-order valence-electron chi connectivity index (χ0n) is 17.7. The van der Waals surface area contributed by atoms with Crippen molar-refractivity contribution in [2.24, 2.45) is 5.10 Å². The summed E-state index contributed by atoms with van der Waals surface area (Å²) in [4.78, 5) is 25.0. The molecule has 0 spiro atoms. The van der Waals surface area contributed by atoms with Crippen LogP contribution in [-0.2, 0) is 0 Å². The number of amides is 1. The lowest BCUT2D eigenvalue weighted by Crippen LogP contribution is -2.18. The summed E-state index contributed by atoms with van der Waals surface area (Å²) in [6, 6.07) is 17.0. The minimum atomic E-state index is -0.577. The average Bonchev–Trinajstić information content (AvgIpc) is 2.80. The second kappa shape index (κ2) is 10.6. The quantitative estimate of drug-likeness (QED) is 0.220. The Bertz CT molecular complexity index is 1180. The Labute approximate surface area is 194 Å². The van der Waals surface area contributed by atoms with E-state index in [2.05, 4.69) is 26.5 Å². The predicted molar refractivity (Wildman–Crippen MR) is 125 cm³/mol. The standard InChI is InChI=1S/C24H21BrN2O5/c1-15-6-4-5-7-19(15)23(28)27-26-14-17-12-18(25)9-11-20(17)32-24(29)16-8-10-21(30-2)22(13-16)31-3/h4-14H,1-3H3,(H,27,28)/b26-14-. The third kappa shape index (κ3) is 5.53. The lowest BCUT2D eigenvalue weighted by atomic mass is 10.1. The predicted octanol–water partition coefficient (Wildman–Crippen LogP) is 4.76. The number of esters is 1. The van der Waals surface area contributed by atoms with Crippen molar-refractivity contribution in [2.45, 2.75) is 6.92 Å². The Morgan fingerprint density at radius 3 is 2.38 bits per heavy atom. The molecular weight excluding hydrogens is 476 g/mol. The van der Waals surface area contributed by atoms with Gasteiger partial charge in [0.1, 0.15) is 5.75 Å². The van der Waals surface area contributed by atoms with Gasteiger partial charge in [-0.15, -0.1) is 0 Å². The van der Waals surface area contributed by atoms with E-state index in [1.807, 2.05) is 19.1 Å². The number of nitrogens with zero attached hydrogens (tertiary/aromatic N) is 1. The SMILES string of the molecule is COc1ccc(C(=O)Oc2ccc(Br)cc2/C=N\NC(=O)c2ccccc2C)cc1OC. The van der Waals surface area contributed by atoms with Crippen LogP contribution >= 0.6 is 15.9 Å². The maximum Gasteiger partial charge on any atom is 0.343 e. The Morgan fingerprint density at radius 1 is 0.938 bits per heavy atom. The molecule has 164 valence electrons. The maximum atomic E-state index is 12.7. The number of hydrazone groups is 1. The number of carbonyl (C=O) groups excluding carboxylic acids is 2. The van der Waals surface area contributed by atoms with E-state index in [1.165, 1.54) is 26.5 Å². The van der Waals surface area contributed by atoms with Gasteiger partial charge in [0, 0.05) is 15.6 Å². The zero-order valence-corrected chi connectivity index (χ0v) is 19.3. The molecule has 0 aliphatic rings. The van der Waals surface area contributed by atoms with Crippen molar-refractivity contribution in [3.8, 4) is 17.2 Å². The number of methoxy groups -OCH3 is 2. The van der Waals surface area contributed by atoms with E-state index in [0.29, 0.717) is 28.2 Å². The zero-order chi connectivity index (χ0) is 23.1. The van der Waals surface area contributed by atoms with Gasteiger partial charge in [-0.25, -0.2) is 10.2 Å². The molecule has 32 heavy (non-hydrogen) atoms. The third-order valence-electron chi connectivity index (χ3n) is 4.55. The summed E-state index contributed by atoms with van der Waals surface area (Å²) < 4.78 is 16.7. The molecular formula is C24H21BrN2O5. The van der Waals surface area contributed by atoms with Crippen LogP contribution in [0.1, 0.15) is 31.8 Å². The van der Waals surface area contributed by atoms with E-state index >= 15 is 0 Å². The van der Waals surface area contributed by atoms with E-state index in [9.17, 15) is 9.59 Å². The van der Waals surface area contributed by atoms with Gasteiger partial charge >= 0.3 is 5.97 Å². The van der Waals surface area contributed by atoms with Gasteiger partial charge in [-0.05, 0) is 55.0 Å². The van der Waals surface area contributed by atoms with Gasteiger partial charge in [0.25, 0.3) is 5.91 Å². The van der Waals surface area contributed by atoms with Gasteiger partial charge in [-0.2, -0.15) is 5.10 Å². The fourth-order valence-corrected chi connectivity index (χ4v) is 3.26. The molecule has 0 radical (unpaired) electrons. The molecule has 0 fully saturated rings. The highest BCUT2D eigenvalue weighted by Crippen LogP contribution is 2.29. The lowest BCUT2D eigenvalue weighted by molar-refractivity contribution is 0.0733. The van der Waals surface area contributed by atoms with E-state index in [0.717, 1.165) is 10.0 Å². The third-order valence-corrected chi connectivity index (χ3v) is 5.05. The summed E-state index contributed by atoms with van der Waals surface area (Å²) in [5.41, 5.74) is 4.65. The van der Waals surface area contributed by atoms with Crippen LogP contribution in [-0.4, -0.2) is 32.3 Å². The fraction of sp³-hybridized carbons (Fsp3) is 0.125. The molecule has 0 heterocycles. The number of carbonyl (C=O) groups is 2. The number of ether oxygens (including phenoxy) is 3. The molecule has 7 nitrogen and oxygen atoms in total. The van der Waals surface area contributed by atoms with Crippen molar-refractivity contribution in [1.82, 2.24) is 5.43 Å². The lowest BCUT2D eigenvalue weighted by Gasteiger charge is -2.11. The summed E-state index contributed by atoms with van der Waals surface area (Å²) in [5.74, 6) is 0.287. The van der Waals surface area contributed by atoms with E-state index in [4.69, 9.17) is 14.2 Å². The Morgan fingerprint density at radius 2 is 1.66 bits per heavy atom. The molecule has 3 rings (SSSR count). The van der Waals surface area contributed by atoms with Gasteiger partial charge in [0.15, 0.2) is 11.5 Å². The van der Waals surface area contributed by atoms with Crippen molar-refractivity contribution in [3.63, 3.8) is 0 Å². The summed E-state index contributed by atoms with van der Waals surface area (Å²) in [7, 11) is 3.00. The van der Waals surface area contributed by atoms with Crippen LogP contribution in [0.4, 0.5) is 0 Å². The number of halogens is 1. The Balaban J connectivity index is 1.78. The van der Waals surface area contributed by atoms with E-state index < -0.39 is 5.97 Å². The average molecular weight is 497 g/mol. The first-order valence-electron chi connectivity index (χ1n) is 9.55.